The number of benzene rings is 2. The molecule has 0 bridgehead atoms. The molecule has 0 radical (unpaired) electrons. The molecule has 1 heterocycles. The summed E-state index contributed by atoms with van der Waals surface area (Å²) >= 11 is 0. The van der Waals surface area contributed by atoms with E-state index in [9.17, 15) is 9.90 Å². The highest BCUT2D eigenvalue weighted by atomic mass is 16.4. The van der Waals surface area contributed by atoms with Crippen LogP contribution in [0, 0.1) is 19.8 Å². The maximum absolute atomic E-state index is 11.2. The first kappa shape index (κ1) is 15.3. The Morgan fingerprint density at radius 1 is 1.08 bits per heavy atom. The fourth-order valence-corrected chi connectivity index (χ4v) is 4.63. The summed E-state index contributed by atoms with van der Waals surface area (Å²) in [6.45, 7) is 4.18. The third-order valence-electron chi connectivity index (χ3n) is 5.77. The third kappa shape index (κ3) is 2.39. The van der Waals surface area contributed by atoms with Crippen LogP contribution in [0.2, 0.25) is 0 Å². The van der Waals surface area contributed by atoms with Crippen molar-refractivity contribution in [3.63, 3.8) is 0 Å². The molecule has 0 amide bonds. The first-order valence-electron chi connectivity index (χ1n) is 8.75. The topological polar surface area (TPSA) is 49.3 Å². The monoisotopic (exact) mass is 321 g/mol. The highest BCUT2D eigenvalue weighted by molar-refractivity contribution is 5.88. The Morgan fingerprint density at radius 2 is 1.92 bits per heavy atom. The second-order valence-electron chi connectivity index (χ2n) is 7.29. The quantitative estimate of drug-likeness (QED) is 0.813. The van der Waals surface area contributed by atoms with Gasteiger partial charge in [0.1, 0.15) is 0 Å². The molecule has 2 aromatic rings. The van der Waals surface area contributed by atoms with Gasteiger partial charge in [-0.15, -0.1) is 0 Å². The van der Waals surface area contributed by atoms with Crippen molar-refractivity contribution >= 4 is 11.7 Å². The van der Waals surface area contributed by atoms with E-state index in [0.717, 1.165) is 5.56 Å². The molecule has 124 valence electrons. The summed E-state index contributed by atoms with van der Waals surface area (Å²) in [5.41, 5.74) is 6.70. The molecule has 0 aromatic heterocycles. The van der Waals surface area contributed by atoms with Crippen molar-refractivity contribution in [3.05, 3.63) is 64.2 Å². The van der Waals surface area contributed by atoms with Gasteiger partial charge in [0.25, 0.3) is 0 Å². The number of nitrogens with one attached hydrogen (secondary N) is 1. The molecular weight excluding hydrogens is 298 g/mol. The van der Waals surface area contributed by atoms with Crippen LogP contribution in [0.15, 0.2) is 36.4 Å². The Morgan fingerprint density at radius 3 is 2.67 bits per heavy atom. The molecule has 2 aliphatic rings. The number of rotatable bonds is 2. The zero-order valence-electron chi connectivity index (χ0n) is 14.2. The normalized spacial score (nSPS) is 24.8. The number of carboxylic acid groups (broad SMARTS) is 1. The number of carbonyl (C=O) groups is 1. The minimum atomic E-state index is -0.860. The second kappa shape index (κ2) is 5.66. The van der Waals surface area contributed by atoms with Crippen molar-refractivity contribution in [1.29, 1.82) is 0 Å². The van der Waals surface area contributed by atoms with Gasteiger partial charge in [-0.05, 0) is 73.4 Å². The van der Waals surface area contributed by atoms with Gasteiger partial charge >= 0.3 is 5.97 Å². The van der Waals surface area contributed by atoms with Crippen LogP contribution in [-0.4, -0.2) is 11.1 Å². The van der Waals surface area contributed by atoms with Crippen molar-refractivity contribution in [2.24, 2.45) is 5.92 Å². The Hall–Kier alpha value is -2.29. The van der Waals surface area contributed by atoms with Crippen LogP contribution in [0.4, 0.5) is 5.69 Å². The van der Waals surface area contributed by atoms with E-state index in [0.29, 0.717) is 17.4 Å². The van der Waals surface area contributed by atoms with E-state index >= 15 is 0 Å². The van der Waals surface area contributed by atoms with Gasteiger partial charge < -0.3 is 10.4 Å². The highest BCUT2D eigenvalue weighted by Crippen LogP contribution is 2.53. The summed E-state index contributed by atoms with van der Waals surface area (Å²) in [7, 11) is 0. The minimum absolute atomic E-state index is 0.274. The van der Waals surface area contributed by atoms with Gasteiger partial charge in [0.05, 0.1) is 11.6 Å². The zero-order valence-corrected chi connectivity index (χ0v) is 14.2. The van der Waals surface area contributed by atoms with Crippen molar-refractivity contribution in [2.45, 2.75) is 45.1 Å². The average Bonchev–Trinajstić information content (AvgIpc) is 3.04. The molecule has 2 N–H and O–H groups in total. The molecule has 0 saturated heterocycles. The molecule has 1 fully saturated rings. The summed E-state index contributed by atoms with van der Waals surface area (Å²) in [4.78, 5) is 11.2. The predicted molar refractivity (Wildman–Crippen MR) is 95.8 cm³/mol. The van der Waals surface area contributed by atoms with Gasteiger partial charge in [0.2, 0.25) is 0 Å². The van der Waals surface area contributed by atoms with Crippen LogP contribution in [0.25, 0.3) is 0 Å². The minimum Gasteiger partial charge on any atom is -0.478 e. The Kier molecular flexibility index (Phi) is 3.60. The van der Waals surface area contributed by atoms with Gasteiger partial charge in [-0.1, -0.05) is 30.2 Å². The Bertz CT molecular complexity index is 811. The smallest absolute Gasteiger partial charge is 0.335 e. The molecular formula is C21H23NO2. The molecule has 3 heteroatoms. The summed E-state index contributed by atoms with van der Waals surface area (Å²) in [6.07, 6.45) is 3.76. The lowest BCUT2D eigenvalue weighted by Gasteiger charge is -2.38. The second-order valence-corrected chi connectivity index (χ2v) is 7.29. The molecule has 2 aromatic carbocycles. The predicted octanol–water partition coefficient (Wildman–Crippen LogP) is 5.05. The summed E-state index contributed by atoms with van der Waals surface area (Å²) < 4.78 is 0. The summed E-state index contributed by atoms with van der Waals surface area (Å²) in [6, 6.07) is 12.5. The summed E-state index contributed by atoms with van der Waals surface area (Å²) in [5, 5.41) is 13.0. The average molecular weight is 321 g/mol. The SMILES string of the molecule is Cc1ccc2c(c1)[C@@H]1CCC[C@@H]1[C@H](c1ccc(C(=O)O)cc1C)N2. The Balaban J connectivity index is 1.77. The molecule has 1 saturated carbocycles. The van der Waals surface area contributed by atoms with E-state index in [-0.39, 0.29) is 6.04 Å². The van der Waals surface area contributed by atoms with Crippen LogP contribution in [0.3, 0.4) is 0 Å². The van der Waals surface area contributed by atoms with E-state index in [4.69, 9.17) is 0 Å². The van der Waals surface area contributed by atoms with Gasteiger partial charge in [-0.2, -0.15) is 0 Å². The number of hydrogen-bond donors (Lipinski definition) is 2. The van der Waals surface area contributed by atoms with E-state index in [2.05, 4.69) is 30.4 Å². The lowest BCUT2D eigenvalue weighted by atomic mass is 9.76. The highest BCUT2D eigenvalue weighted by Gasteiger charge is 2.40. The molecule has 3 nitrogen and oxygen atoms in total. The molecule has 0 unspecified atom stereocenters. The van der Waals surface area contributed by atoms with E-state index < -0.39 is 5.97 Å². The summed E-state index contributed by atoms with van der Waals surface area (Å²) in [5.74, 6) is 0.346. The van der Waals surface area contributed by atoms with Crippen molar-refractivity contribution in [1.82, 2.24) is 0 Å². The lowest BCUT2D eigenvalue weighted by molar-refractivity contribution is 0.0696. The van der Waals surface area contributed by atoms with Gasteiger partial charge in [0, 0.05) is 5.69 Å². The molecule has 0 spiro atoms. The number of fused-ring (bicyclic) bond motifs is 3. The molecule has 24 heavy (non-hydrogen) atoms. The number of carboxylic acids is 1. The van der Waals surface area contributed by atoms with Gasteiger partial charge in [-0.25, -0.2) is 4.79 Å². The maximum Gasteiger partial charge on any atom is 0.335 e. The van der Waals surface area contributed by atoms with E-state index in [1.54, 1.807) is 12.1 Å². The molecule has 1 aliphatic carbocycles. The van der Waals surface area contributed by atoms with E-state index in [1.165, 1.54) is 41.6 Å². The first-order valence-corrected chi connectivity index (χ1v) is 8.75. The standard InChI is InChI=1S/C21H23NO2/c1-12-6-9-19-18(10-12)16-4-3-5-17(16)20(22-19)15-8-7-14(21(23)24)11-13(15)2/h6-11,16-17,20,22H,3-5H2,1-2H3,(H,23,24)/t16-,17+,20+/m1/s1. The van der Waals surface area contributed by atoms with E-state index in [1.807, 2.05) is 13.0 Å². The van der Waals surface area contributed by atoms with Crippen LogP contribution in [-0.2, 0) is 0 Å². The molecule has 3 atom stereocenters. The maximum atomic E-state index is 11.2. The van der Waals surface area contributed by atoms with Crippen LogP contribution in [0.1, 0.15) is 63.8 Å². The van der Waals surface area contributed by atoms with Gasteiger partial charge in [0.15, 0.2) is 0 Å². The largest absolute Gasteiger partial charge is 0.478 e. The van der Waals surface area contributed by atoms with Crippen LogP contribution in [0.5, 0.6) is 0 Å². The number of aryl methyl sites for hydroxylation is 2. The zero-order chi connectivity index (χ0) is 16.8. The fourth-order valence-electron chi connectivity index (χ4n) is 4.63. The third-order valence-corrected chi connectivity index (χ3v) is 5.77. The van der Waals surface area contributed by atoms with Gasteiger partial charge in [-0.3, -0.25) is 0 Å². The van der Waals surface area contributed by atoms with Crippen molar-refractivity contribution < 1.29 is 9.90 Å². The molecule has 1 aliphatic heterocycles. The molecule has 4 rings (SSSR count). The number of hydrogen-bond acceptors (Lipinski definition) is 2. The lowest BCUT2D eigenvalue weighted by Crippen LogP contribution is -2.29. The Labute approximate surface area is 142 Å². The first-order chi connectivity index (χ1) is 11.5. The van der Waals surface area contributed by atoms with Crippen molar-refractivity contribution in [2.75, 3.05) is 5.32 Å². The van der Waals surface area contributed by atoms with Crippen LogP contribution < -0.4 is 5.32 Å². The fraction of sp³-hybridized carbons (Fsp3) is 0.381. The number of aromatic carboxylic acids is 1. The van der Waals surface area contributed by atoms with Crippen LogP contribution >= 0.6 is 0 Å². The number of anilines is 1. The van der Waals surface area contributed by atoms with Crippen molar-refractivity contribution in [3.8, 4) is 0 Å².